The third-order valence-corrected chi connectivity index (χ3v) is 5.98. The molecule has 3 amide bonds. The Labute approximate surface area is 211 Å². The van der Waals surface area contributed by atoms with E-state index >= 15 is 0 Å². The predicted octanol–water partition coefficient (Wildman–Crippen LogP) is 5.27. The fourth-order valence-electron chi connectivity index (χ4n) is 4.21. The summed E-state index contributed by atoms with van der Waals surface area (Å²) in [5, 5.41) is 8.75. The van der Waals surface area contributed by atoms with E-state index in [0.29, 0.717) is 35.8 Å². The second-order valence-electron chi connectivity index (χ2n) is 8.47. The first kappa shape index (κ1) is 24.9. The molecule has 3 aromatic carbocycles. The van der Waals surface area contributed by atoms with E-state index in [0.717, 1.165) is 42.9 Å². The average Bonchev–Trinajstić information content (AvgIpc) is 3.43. The lowest BCUT2D eigenvalue weighted by molar-refractivity contribution is 0.0951. The zero-order valence-corrected chi connectivity index (χ0v) is 20.7. The van der Waals surface area contributed by atoms with Gasteiger partial charge >= 0.3 is 6.03 Å². The number of amides is 3. The van der Waals surface area contributed by atoms with Crippen LogP contribution in [0.15, 0.2) is 66.7 Å². The number of urea groups is 1. The van der Waals surface area contributed by atoms with Gasteiger partial charge in [-0.3, -0.25) is 4.79 Å². The van der Waals surface area contributed by atoms with Gasteiger partial charge in [0.15, 0.2) is 0 Å². The van der Waals surface area contributed by atoms with Crippen LogP contribution in [0.5, 0.6) is 11.5 Å². The molecule has 36 heavy (non-hydrogen) atoms. The van der Waals surface area contributed by atoms with Crippen LogP contribution in [0.25, 0.3) is 0 Å². The zero-order chi connectivity index (χ0) is 25.3. The maximum Gasteiger partial charge on any atom is 0.323 e. The third kappa shape index (κ3) is 6.27. The summed E-state index contributed by atoms with van der Waals surface area (Å²) in [5.41, 5.74) is 3.45. The first-order valence-electron chi connectivity index (χ1n) is 12.2. The molecule has 3 aromatic rings. The quantitative estimate of drug-likeness (QED) is 0.382. The number of rotatable bonds is 9. The number of carbonyl (C=O) groups excluding carboxylic acids is 2. The Bertz CT molecular complexity index is 1210. The van der Waals surface area contributed by atoms with Gasteiger partial charge in [0.25, 0.3) is 5.91 Å². The van der Waals surface area contributed by atoms with Crippen LogP contribution in [-0.4, -0.2) is 38.7 Å². The number of ether oxygens (including phenoxy) is 2. The first-order chi connectivity index (χ1) is 17.6. The van der Waals surface area contributed by atoms with Crippen LogP contribution in [-0.2, 0) is 6.54 Å². The highest BCUT2D eigenvalue weighted by atomic mass is 16.5. The first-order valence-corrected chi connectivity index (χ1v) is 12.2. The van der Waals surface area contributed by atoms with E-state index in [1.54, 1.807) is 25.3 Å². The van der Waals surface area contributed by atoms with Crippen molar-refractivity contribution in [1.29, 1.82) is 0 Å². The van der Waals surface area contributed by atoms with E-state index in [9.17, 15) is 9.59 Å². The number of anilines is 3. The van der Waals surface area contributed by atoms with Crippen molar-refractivity contribution in [2.75, 3.05) is 42.3 Å². The van der Waals surface area contributed by atoms with Crippen LogP contribution in [0.2, 0.25) is 0 Å². The number of carbonyl (C=O) groups is 2. The molecule has 0 aromatic heterocycles. The van der Waals surface area contributed by atoms with Gasteiger partial charge in [0.2, 0.25) is 0 Å². The maximum atomic E-state index is 12.9. The molecule has 8 heteroatoms. The Hall–Kier alpha value is -4.20. The van der Waals surface area contributed by atoms with Crippen molar-refractivity contribution in [3.8, 4) is 11.5 Å². The van der Waals surface area contributed by atoms with Gasteiger partial charge in [0, 0.05) is 25.2 Å². The van der Waals surface area contributed by atoms with Gasteiger partial charge in [0.1, 0.15) is 11.5 Å². The molecular weight excluding hydrogens is 456 g/mol. The van der Waals surface area contributed by atoms with Crippen molar-refractivity contribution in [3.63, 3.8) is 0 Å². The van der Waals surface area contributed by atoms with Crippen LogP contribution in [0.1, 0.15) is 35.7 Å². The normalized spacial score (nSPS) is 12.7. The van der Waals surface area contributed by atoms with Crippen molar-refractivity contribution in [3.05, 3.63) is 77.9 Å². The Balaban J connectivity index is 1.51. The predicted molar refractivity (Wildman–Crippen MR) is 142 cm³/mol. The molecule has 1 saturated heterocycles. The summed E-state index contributed by atoms with van der Waals surface area (Å²) in [5.74, 6) is 1.11. The van der Waals surface area contributed by atoms with Gasteiger partial charge in [0.05, 0.1) is 30.8 Å². The maximum absolute atomic E-state index is 12.9. The number of nitrogens with one attached hydrogen (secondary N) is 3. The number of para-hydroxylation sites is 2. The zero-order valence-electron chi connectivity index (χ0n) is 20.7. The molecule has 0 radical (unpaired) electrons. The summed E-state index contributed by atoms with van der Waals surface area (Å²) in [7, 11) is 1.61. The Morgan fingerprint density at radius 1 is 0.917 bits per heavy atom. The highest BCUT2D eigenvalue weighted by molar-refractivity contribution is 6.04. The average molecular weight is 489 g/mol. The number of benzene rings is 3. The Kier molecular flexibility index (Phi) is 8.28. The Morgan fingerprint density at radius 3 is 2.47 bits per heavy atom. The van der Waals surface area contributed by atoms with Gasteiger partial charge in [-0.2, -0.15) is 0 Å². The molecule has 188 valence electrons. The SMILES string of the molecule is CCOc1ccccc1NC(=O)Nc1cc(C(=O)NCc2cccc(OC)c2)ccc1N1CCCC1. The molecule has 3 N–H and O–H groups in total. The summed E-state index contributed by atoms with van der Waals surface area (Å²) in [4.78, 5) is 28.1. The molecular formula is C28H32N4O4. The Morgan fingerprint density at radius 2 is 1.69 bits per heavy atom. The van der Waals surface area contributed by atoms with Crippen molar-refractivity contribution < 1.29 is 19.1 Å². The topological polar surface area (TPSA) is 91.9 Å². The summed E-state index contributed by atoms with van der Waals surface area (Å²) in [6.07, 6.45) is 2.19. The van der Waals surface area contributed by atoms with Gasteiger partial charge in [-0.15, -0.1) is 0 Å². The van der Waals surface area contributed by atoms with Crippen LogP contribution in [0, 0.1) is 0 Å². The molecule has 1 aliphatic rings. The highest BCUT2D eigenvalue weighted by Crippen LogP contribution is 2.31. The third-order valence-electron chi connectivity index (χ3n) is 5.98. The minimum absolute atomic E-state index is 0.226. The molecule has 0 saturated carbocycles. The fourth-order valence-corrected chi connectivity index (χ4v) is 4.21. The van der Waals surface area contributed by atoms with E-state index in [1.165, 1.54) is 0 Å². The number of methoxy groups -OCH3 is 1. The summed E-state index contributed by atoms with van der Waals surface area (Å²) < 4.78 is 10.9. The summed E-state index contributed by atoms with van der Waals surface area (Å²) >= 11 is 0. The number of hydrogen-bond acceptors (Lipinski definition) is 5. The molecule has 0 aliphatic carbocycles. The fraction of sp³-hybridized carbons (Fsp3) is 0.286. The van der Waals surface area contributed by atoms with E-state index < -0.39 is 6.03 Å². The van der Waals surface area contributed by atoms with Gasteiger partial charge in [-0.1, -0.05) is 24.3 Å². The van der Waals surface area contributed by atoms with E-state index in [-0.39, 0.29) is 5.91 Å². The molecule has 0 spiro atoms. The lowest BCUT2D eigenvalue weighted by Gasteiger charge is -2.22. The van der Waals surface area contributed by atoms with Crippen molar-refractivity contribution in [2.45, 2.75) is 26.3 Å². The molecule has 1 aliphatic heterocycles. The lowest BCUT2D eigenvalue weighted by Crippen LogP contribution is -2.26. The molecule has 1 heterocycles. The van der Waals surface area contributed by atoms with E-state index in [4.69, 9.17) is 9.47 Å². The van der Waals surface area contributed by atoms with Gasteiger partial charge < -0.3 is 30.3 Å². The molecule has 0 bridgehead atoms. The highest BCUT2D eigenvalue weighted by Gasteiger charge is 2.19. The number of nitrogens with zero attached hydrogens (tertiary/aromatic N) is 1. The standard InChI is InChI=1S/C28H32N4O4/c1-3-36-26-12-5-4-11-23(26)30-28(34)31-24-18-21(13-14-25(24)32-15-6-7-16-32)27(33)29-19-20-9-8-10-22(17-20)35-2/h4-5,8-14,17-18H,3,6-7,15-16,19H2,1-2H3,(H,29,33)(H2,30,31,34). The minimum atomic E-state index is -0.406. The lowest BCUT2D eigenvalue weighted by atomic mass is 10.1. The molecule has 4 rings (SSSR count). The van der Waals surface area contributed by atoms with E-state index in [1.807, 2.05) is 55.5 Å². The van der Waals surface area contributed by atoms with Gasteiger partial charge in [-0.25, -0.2) is 4.79 Å². The smallest absolute Gasteiger partial charge is 0.323 e. The van der Waals surface area contributed by atoms with Crippen LogP contribution < -0.4 is 30.3 Å². The van der Waals surface area contributed by atoms with Crippen LogP contribution in [0.3, 0.4) is 0 Å². The largest absolute Gasteiger partial charge is 0.497 e. The van der Waals surface area contributed by atoms with Gasteiger partial charge in [-0.05, 0) is 67.8 Å². The second-order valence-corrected chi connectivity index (χ2v) is 8.47. The summed E-state index contributed by atoms with van der Waals surface area (Å²) in [6, 6.07) is 19.8. The molecule has 8 nitrogen and oxygen atoms in total. The van der Waals surface area contributed by atoms with Crippen LogP contribution in [0.4, 0.5) is 21.9 Å². The monoisotopic (exact) mass is 488 g/mol. The summed E-state index contributed by atoms with van der Waals surface area (Å²) in [6.45, 7) is 4.56. The molecule has 1 fully saturated rings. The van der Waals surface area contributed by atoms with Crippen molar-refractivity contribution >= 4 is 29.0 Å². The van der Waals surface area contributed by atoms with Crippen LogP contribution >= 0.6 is 0 Å². The van der Waals surface area contributed by atoms with E-state index in [2.05, 4.69) is 20.9 Å². The molecule has 0 unspecified atom stereocenters. The van der Waals surface area contributed by atoms with Crippen molar-refractivity contribution in [2.24, 2.45) is 0 Å². The minimum Gasteiger partial charge on any atom is -0.497 e. The molecule has 0 atom stereocenters. The second kappa shape index (κ2) is 12.0. The van der Waals surface area contributed by atoms with Crippen molar-refractivity contribution in [1.82, 2.24) is 5.32 Å². The number of hydrogen-bond donors (Lipinski definition) is 3.